The fourth-order valence-electron chi connectivity index (χ4n) is 3.23. The van der Waals surface area contributed by atoms with Crippen molar-refractivity contribution >= 4 is 22.8 Å². The molecule has 1 aliphatic rings. The number of rotatable bonds is 2. The molecule has 1 fully saturated rings. The third kappa shape index (κ3) is 3.14. The molecule has 25 heavy (non-hydrogen) atoms. The molecule has 0 atom stereocenters. The first kappa shape index (κ1) is 17.1. The van der Waals surface area contributed by atoms with Gasteiger partial charge in [0, 0.05) is 45.2 Å². The zero-order valence-electron chi connectivity index (χ0n) is 14.8. The average Bonchev–Trinajstić information content (AvgIpc) is 2.62. The Kier molecular flexibility index (Phi) is 4.57. The molecule has 0 bridgehead atoms. The van der Waals surface area contributed by atoms with Gasteiger partial charge in [0.15, 0.2) is 0 Å². The van der Waals surface area contributed by atoms with Gasteiger partial charge in [-0.3, -0.25) is 14.4 Å². The monoisotopic (exact) mass is 342 g/mol. The van der Waals surface area contributed by atoms with Crippen LogP contribution < -0.4 is 5.56 Å². The molecular formula is C18H22N4O3. The molecule has 1 aromatic carbocycles. The molecule has 0 aliphatic carbocycles. The summed E-state index contributed by atoms with van der Waals surface area (Å²) in [5.74, 6) is -0.0335. The smallest absolute Gasteiger partial charge is 0.272 e. The maximum Gasteiger partial charge on any atom is 0.272 e. The first-order valence-corrected chi connectivity index (χ1v) is 8.48. The van der Waals surface area contributed by atoms with Gasteiger partial charge in [0.2, 0.25) is 5.91 Å². The first-order chi connectivity index (χ1) is 11.9. The number of carbonyl (C=O) groups excluding carboxylic acids is 2. The highest BCUT2D eigenvalue weighted by Crippen LogP contribution is 2.16. The van der Waals surface area contributed by atoms with Gasteiger partial charge in [-0.15, -0.1) is 0 Å². The fraction of sp³-hybridized carbons (Fsp3) is 0.444. The summed E-state index contributed by atoms with van der Waals surface area (Å²) in [5, 5.41) is 0. The van der Waals surface area contributed by atoms with Crippen molar-refractivity contribution in [1.82, 2.24) is 19.4 Å². The Morgan fingerprint density at radius 1 is 1.12 bits per heavy atom. The van der Waals surface area contributed by atoms with E-state index in [0.29, 0.717) is 49.5 Å². The lowest BCUT2D eigenvalue weighted by atomic mass is 10.1. The van der Waals surface area contributed by atoms with E-state index in [1.165, 1.54) is 0 Å². The van der Waals surface area contributed by atoms with Gasteiger partial charge >= 0.3 is 0 Å². The van der Waals surface area contributed by atoms with E-state index in [1.54, 1.807) is 46.4 Å². The van der Waals surface area contributed by atoms with E-state index in [1.807, 2.05) is 6.92 Å². The quantitative estimate of drug-likeness (QED) is 0.817. The van der Waals surface area contributed by atoms with Gasteiger partial charge in [-0.25, -0.2) is 4.98 Å². The molecule has 2 aromatic rings. The SMILES string of the molecule is CCn1c(=O)c(C)nc2cc(C(=O)N3CCN(C(C)=O)CC3)ccc21. The molecule has 1 aliphatic heterocycles. The molecule has 0 unspecified atom stereocenters. The number of aromatic nitrogens is 2. The van der Waals surface area contributed by atoms with Gasteiger partial charge in [0.05, 0.1) is 11.0 Å². The molecule has 2 amide bonds. The van der Waals surface area contributed by atoms with Crippen LogP contribution in [0.3, 0.4) is 0 Å². The summed E-state index contributed by atoms with van der Waals surface area (Å²) in [4.78, 5) is 44.2. The van der Waals surface area contributed by atoms with E-state index in [4.69, 9.17) is 0 Å². The van der Waals surface area contributed by atoms with Crippen molar-refractivity contribution < 1.29 is 9.59 Å². The third-order valence-electron chi connectivity index (χ3n) is 4.68. The summed E-state index contributed by atoms with van der Waals surface area (Å²) in [6, 6.07) is 5.27. The Morgan fingerprint density at radius 2 is 1.76 bits per heavy atom. The van der Waals surface area contributed by atoms with Crippen LogP contribution >= 0.6 is 0 Å². The van der Waals surface area contributed by atoms with Crippen LogP contribution in [-0.4, -0.2) is 57.3 Å². The van der Waals surface area contributed by atoms with Crippen molar-refractivity contribution in [2.45, 2.75) is 27.3 Å². The van der Waals surface area contributed by atoms with Crippen molar-refractivity contribution in [2.24, 2.45) is 0 Å². The summed E-state index contributed by atoms with van der Waals surface area (Å²) < 4.78 is 1.66. The van der Waals surface area contributed by atoms with E-state index in [9.17, 15) is 14.4 Å². The van der Waals surface area contributed by atoms with Crippen LogP contribution in [0.2, 0.25) is 0 Å². The number of nitrogens with zero attached hydrogens (tertiary/aromatic N) is 4. The summed E-state index contributed by atoms with van der Waals surface area (Å²) in [6.45, 7) is 7.86. The maximum absolute atomic E-state index is 12.8. The second kappa shape index (κ2) is 6.66. The fourth-order valence-corrected chi connectivity index (χ4v) is 3.23. The predicted octanol–water partition coefficient (Wildman–Crippen LogP) is 1.03. The van der Waals surface area contributed by atoms with Crippen molar-refractivity contribution in [2.75, 3.05) is 26.2 Å². The van der Waals surface area contributed by atoms with E-state index in [2.05, 4.69) is 4.98 Å². The molecule has 0 N–H and O–H groups in total. The Hall–Kier alpha value is -2.70. The second-order valence-electron chi connectivity index (χ2n) is 6.25. The molecule has 0 radical (unpaired) electrons. The summed E-state index contributed by atoms with van der Waals surface area (Å²) >= 11 is 0. The van der Waals surface area contributed by atoms with Crippen LogP contribution in [0.15, 0.2) is 23.0 Å². The lowest BCUT2D eigenvalue weighted by Gasteiger charge is -2.34. The molecule has 1 aromatic heterocycles. The molecule has 1 saturated heterocycles. The Labute approximate surface area is 145 Å². The number of hydrogen-bond donors (Lipinski definition) is 0. The van der Waals surface area contributed by atoms with Crippen LogP contribution in [0.5, 0.6) is 0 Å². The predicted molar refractivity (Wildman–Crippen MR) is 94.6 cm³/mol. The van der Waals surface area contributed by atoms with Crippen LogP contribution in [0.25, 0.3) is 11.0 Å². The summed E-state index contributed by atoms with van der Waals surface area (Å²) in [5.41, 5.74) is 2.25. The average molecular weight is 342 g/mol. The number of amides is 2. The molecule has 7 nitrogen and oxygen atoms in total. The molecule has 132 valence electrons. The number of aryl methyl sites for hydroxylation is 2. The highest BCUT2D eigenvalue weighted by Gasteiger charge is 2.23. The minimum absolute atomic E-state index is 0.0371. The number of carbonyl (C=O) groups is 2. The molecule has 2 heterocycles. The standard InChI is InChI=1S/C18H22N4O3/c1-4-22-16-6-5-14(11-15(16)19-12(2)17(22)24)18(25)21-9-7-20(8-10-21)13(3)23/h5-6,11H,4,7-10H2,1-3H3. The minimum Gasteiger partial charge on any atom is -0.339 e. The van der Waals surface area contributed by atoms with Crippen LogP contribution in [0.4, 0.5) is 0 Å². The normalized spacial score (nSPS) is 14.8. The number of benzene rings is 1. The minimum atomic E-state index is -0.102. The van der Waals surface area contributed by atoms with Gasteiger partial charge in [0.25, 0.3) is 11.5 Å². The summed E-state index contributed by atoms with van der Waals surface area (Å²) in [6.07, 6.45) is 0. The molecule has 0 saturated carbocycles. The topological polar surface area (TPSA) is 75.5 Å². The van der Waals surface area contributed by atoms with E-state index >= 15 is 0 Å². The van der Waals surface area contributed by atoms with Gasteiger partial charge in [-0.05, 0) is 32.0 Å². The van der Waals surface area contributed by atoms with Gasteiger partial charge in [-0.2, -0.15) is 0 Å². The zero-order valence-corrected chi connectivity index (χ0v) is 14.8. The Bertz CT molecular complexity index is 895. The lowest BCUT2D eigenvalue weighted by Crippen LogP contribution is -2.50. The van der Waals surface area contributed by atoms with Gasteiger partial charge in [-0.1, -0.05) is 0 Å². The Balaban J connectivity index is 1.89. The number of fused-ring (bicyclic) bond motifs is 1. The van der Waals surface area contributed by atoms with Crippen molar-refractivity contribution in [1.29, 1.82) is 0 Å². The van der Waals surface area contributed by atoms with Gasteiger partial charge < -0.3 is 14.4 Å². The lowest BCUT2D eigenvalue weighted by molar-refractivity contribution is -0.130. The van der Waals surface area contributed by atoms with Gasteiger partial charge in [0.1, 0.15) is 5.69 Å². The third-order valence-corrected chi connectivity index (χ3v) is 4.68. The van der Waals surface area contributed by atoms with Crippen LogP contribution in [0.1, 0.15) is 29.9 Å². The molecule has 0 spiro atoms. The van der Waals surface area contributed by atoms with E-state index < -0.39 is 0 Å². The molecule has 7 heteroatoms. The summed E-state index contributed by atoms with van der Waals surface area (Å²) in [7, 11) is 0. The molecular weight excluding hydrogens is 320 g/mol. The number of hydrogen-bond acceptors (Lipinski definition) is 4. The zero-order chi connectivity index (χ0) is 18.1. The highest BCUT2D eigenvalue weighted by molar-refractivity contribution is 5.97. The second-order valence-corrected chi connectivity index (χ2v) is 6.25. The van der Waals surface area contributed by atoms with Crippen molar-refractivity contribution in [3.05, 3.63) is 39.8 Å². The first-order valence-electron chi connectivity index (χ1n) is 8.48. The highest BCUT2D eigenvalue weighted by atomic mass is 16.2. The Morgan fingerprint density at radius 3 is 2.36 bits per heavy atom. The molecule has 3 rings (SSSR count). The van der Waals surface area contributed by atoms with Crippen molar-refractivity contribution in [3.63, 3.8) is 0 Å². The largest absolute Gasteiger partial charge is 0.339 e. The van der Waals surface area contributed by atoms with E-state index in [0.717, 1.165) is 5.52 Å². The van der Waals surface area contributed by atoms with Crippen LogP contribution in [0, 0.1) is 6.92 Å². The van der Waals surface area contributed by atoms with E-state index in [-0.39, 0.29) is 17.4 Å². The number of piperazine rings is 1. The van der Waals surface area contributed by atoms with Crippen LogP contribution in [-0.2, 0) is 11.3 Å². The van der Waals surface area contributed by atoms with Crippen molar-refractivity contribution in [3.8, 4) is 0 Å². The maximum atomic E-state index is 12.8.